The van der Waals surface area contributed by atoms with Crippen LogP contribution in [0.3, 0.4) is 0 Å². The van der Waals surface area contributed by atoms with Crippen molar-refractivity contribution in [3.8, 4) is 0 Å². The second-order valence-electron chi connectivity index (χ2n) is 5.13. The van der Waals surface area contributed by atoms with Crippen LogP contribution >= 0.6 is 11.8 Å². The van der Waals surface area contributed by atoms with Gasteiger partial charge in [0.2, 0.25) is 0 Å². The predicted molar refractivity (Wildman–Crippen MR) is 62.7 cm³/mol. The van der Waals surface area contributed by atoms with Crippen LogP contribution in [0.4, 0.5) is 0 Å². The van der Waals surface area contributed by atoms with E-state index in [4.69, 9.17) is 4.74 Å². The topological polar surface area (TPSA) is 9.23 Å². The van der Waals surface area contributed by atoms with Gasteiger partial charge < -0.3 is 4.74 Å². The molecule has 0 radical (unpaired) electrons. The number of thioether (sulfide) groups is 1. The summed E-state index contributed by atoms with van der Waals surface area (Å²) >= 11 is 2.16. The summed E-state index contributed by atoms with van der Waals surface area (Å²) in [6.07, 6.45) is 3.33. The van der Waals surface area contributed by atoms with Crippen LogP contribution in [0.25, 0.3) is 0 Å². The molecule has 2 fully saturated rings. The van der Waals surface area contributed by atoms with Crippen molar-refractivity contribution in [1.29, 1.82) is 0 Å². The van der Waals surface area contributed by atoms with Gasteiger partial charge in [0.15, 0.2) is 0 Å². The monoisotopic (exact) mass is 214 g/mol. The summed E-state index contributed by atoms with van der Waals surface area (Å²) in [5, 5.41) is 0.785. The SMILES string of the molecule is CC(C)[C@@H]1CC[C@@H](C)C2OCCSC21. The molecule has 0 aromatic heterocycles. The fourth-order valence-electron chi connectivity index (χ4n) is 2.91. The molecule has 1 nitrogen and oxygen atoms in total. The average molecular weight is 214 g/mol. The smallest absolute Gasteiger partial charge is 0.0722 e. The van der Waals surface area contributed by atoms with E-state index in [9.17, 15) is 0 Å². The number of hydrogen-bond donors (Lipinski definition) is 0. The zero-order valence-electron chi connectivity index (χ0n) is 9.53. The van der Waals surface area contributed by atoms with Gasteiger partial charge >= 0.3 is 0 Å². The van der Waals surface area contributed by atoms with Gasteiger partial charge in [0.1, 0.15) is 0 Å². The Hall–Kier alpha value is 0.310. The number of hydrogen-bond acceptors (Lipinski definition) is 2. The van der Waals surface area contributed by atoms with Crippen molar-refractivity contribution in [2.24, 2.45) is 17.8 Å². The van der Waals surface area contributed by atoms with Crippen molar-refractivity contribution < 1.29 is 4.74 Å². The Balaban J connectivity index is 2.08. The molecule has 4 atom stereocenters. The van der Waals surface area contributed by atoms with Crippen molar-refractivity contribution in [1.82, 2.24) is 0 Å². The summed E-state index contributed by atoms with van der Waals surface area (Å²) in [7, 11) is 0. The lowest BCUT2D eigenvalue weighted by Crippen LogP contribution is -2.47. The summed E-state index contributed by atoms with van der Waals surface area (Å²) < 4.78 is 5.95. The highest BCUT2D eigenvalue weighted by atomic mass is 32.2. The first-order valence-corrected chi connectivity index (χ1v) is 6.98. The summed E-state index contributed by atoms with van der Waals surface area (Å²) in [5.74, 6) is 3.70. The van der Waals surface area contributed by atoms with E-state index < -0.39 is 0 Å². The molecule has 1 heterocycles. The molecular weight excluding hydrogens is 192 g/mol. The van der Waals surface area contributed by atoms with E-state index in [0.29, 0.717) is 6.10 Å². The highest BCUT2D eigenvalue weighted by molar-refractivity contribution is 8.00. The molecule has 0 N–H and O–H groups in total. The molecule has 2 heteroatoms. The third kappa shape index (κ3) is 1.96. The molecule has 1 aliphatic heterocycles. The summed E-state index contributed by atoms with van der Waals surface area (Å²) in [5.41, 5.74) is 0. The lowest BCUT2D eigenvalue weighted by Gasteiger charge is -2.45. The summed E-state index contributed by atoms with van der Waals surface area (Å²) in [4.78, 5) is 0. The van der Waals surface area contributed by atoms with E-state index in [1.807, 2.05) is 0 Å². The van der Waals surface area contributed by atoms with Crippen LogP contribution in [-0.2, 0) is 4.74 Å². The molecule has 14 heavy (non-hydrogen) atoms. The maximum atomic E-state index is 5.95. The minimum absolute atomic E-state index is 0.551. The Labute approximate surface area is 92.0 Å². The first kappa shape index (κ1) is 10.8. The van der Waals surface area contributed by atoms with Crippen LogP contribution in [0.5, 0.6) is 0 Å². The van der Waals surface area contributed by atoms with Crippen LogP contribution < -0.4 is 0 Å². The Morgan fingerprint density at radius 1 is 1.29 bits per heavy atom. The molecule has 2 rings (SSSR count). The van der Waals surface area contributed by atoms with E-state index in [1.54, 1.807) is 0 Å². The van der Waals surface area contributed by atoms with Crippen LogP contribution in [0.2, 0.25) is 0 Å². The first-order valence-electron chi connectivity index (χ1n) is 5.93. The molecule has 1 saturated carbocycles. The van der Waals surface area contributed by atoms with Crippen molar-refractivity contribution in [3.05, 3.63) is 0 Å². The van der Waals surface area contributed by atoms with E-state index in [1.165, 1.54) is 18.6 Å². The van der Waals surface area contributed by atoms with Gasteiger partial charge in [0, 0.05) is 11.0 Å². The molecule has 0 aromatic rings. The van der Waals surface area contributed by atoms with Crippen molar-refractivity contribution in [2.45, 2.75) is 45.0 Å². The molecule has 0 amide bonds. The summed E-state index contributed by atoms with van der Waals surface area (Å²) in [6, 6.07) is 0. The van der Waals surface area contributed by atoms with Gasteiger partial charge in [0.05, 0.1) is 12.7 Å². The zero-order chi connectivity index (χ0) is 10.1. The molecule has 2 aliphatic rings. The molecule has 0 spiro atoms. The van der Waals surface area contributed by atoms with Gasteiger partial charge in [0.25, 0.3) is 0 Å². The van der Waals surface area contributed by atoms with Gasteiger partial charge in [-0.1, -0.05) is 20.8 Å². The number of rotatable bonds is 1. The highest BCUT2D eigenvalue weighted by Gasteiger charge is 2.41. The average Bonchev–Trinajstić information content (AvgIpc) is 2.18. The van der Waals surface area contributed by atoms with Crippen LogP contribution in [0.1, 0.15) is 33.6 Å². The van der Waals surface area contributed by atoms with E-state index in [0.717, 1.165) is 29.6 Å². The van der Waals surface area contributed by atoms with Crippen molar-refractivity contribution in [3.63, 3.8) is 0 Å². The molecule has 82 valence electrons. The summed E-state index contributed by atoms with van der Waals surface area (Å²) in [6.45, 7) is 8.07. The van der Waals surface area contributed by atoms with Crippen LogP contribution in [0.15, 0.2) is 0 Å². The number of ether oxygens (including phenoxy) is 1. The van der Waals surface area contributed by atoms with Crippen LogP contribution in [0, 0.1) is 17.8 Å². The maximum absolute atomic E-state index is 5.95. The Kier molecular flexibility index (Phi) is 3.43. The molecular formula is C12H22OS. The normalized spacial score (nSPS) is 43.7. The van der Waals surface area contributed by atoms with Gasteiger partial charge in [-0.25, -0.2) is 0 Å². The fourth-order valence-corrected chi connectivity index (χ4v) is 4.61. The fraction of sp³-hybridized carbons (Fsp3) is 1.00. The third-order valence-corrected chi connectivity index (χ3v) is 5.23. The van der Waals surface area contributed by atoms with Gasteiger partial charge in [-0.3, -0.25) is 0 Å². The lowest BCUT2D eigenvalue weighted by atomic mass is 9.75. The van der Waals surface area contributed by atoms with Gasteiger partial charge in [-0.15, -0.1) is 0 Å². The second kappa shape index (κ2) is 4.44. The van der Waals surface area contributed by atoms with Gasteiger partial charge in [-0.2, -0.15) is 11.8 Å². The Bertz CT molecular complexity index is 191. The molecule has 2 unspecified atom stereocenters. The predicted octanol–water partition coefficient (Wildman–Crippen LogP) is 3.19. The van der Waals surface area contributed by atoms with Crippen molar-refractivity contribution in [2.75, 3.05) is 12.4 Å². The van der Waals surface area contributed by atoms with E-state index in [2.05, 4.69) is 32.5 Å². The minimum Gasteiger partial charge on any atom is -0.376 e. The minimum atomic E-state index is 0.551. The maximum Gasteiger partial charge on any atom is 0.0722 e. The number of fused-ring (bicyclic) bond motifs is 1. The van der Waals surface area contributed by atoms with Gasteiger partial charge in [-0.05, 0) is 30.6 Å². The highest BCUT2D eigenvalue weighted by Crippen LogP contribution is 2.43. The first-order chi connectivity index (χ1) is 6.70. The molecule has 0 bridgehead atoms. The molecule has 1 aliphatic carbocycles. The lowest BCUT2D eigenvalue weighted by molar-refractivity contribution is -0.0207. The Morgan fingerprint density at radius 3 is 2.79 bits per heavy atom. The zero-order valence-corrected chi connectivity index (χ0v) is 10.3. The van der Waals surface area contributed by atoms with Crippen molar-refractivity contribution >= 4 is 11.8 Å². The second-order valence-corrected chi connectivity index (χ2v) is 6.42. The molecule has 0 aromatic carbocycles. The third-order valence-electron chi connectivity index (χ3n) is 3.82. The van der Waals surface area contributed by atoms with E-state index in [-0.39, 0.29) is 0 Å². The Morgan fingerprint density at radius 2 is 2.07 bits per heavy atom. The van der Waals surface area contributed by atoms with Crippen LogP contribution in [-0.4, -0.2) is 23.7 Å². The molecule has 1 saturated heterocycles. The largest absolute Gasteiger partial charge is 0.376 e. The van der Waals surface area contributed by atoms with E-state index >= 15 is 0 Å². The quantitative estimate of drug-likeness (QED) is 0.663. The standard InChI is InChI=1S/C12H22OS/c1-8(2)10-5-4-9(3)11-12(10)14-7-6-13-11/h8-12H,4-7H2,1-3H3/t9-,10+,11?,12?/m1/s1.